The number of hydrogen-bond acceptors (Lipinski definition) is 6. The zero-order valence-electron chi connectivity index (χ0n) is 19.7. The van der Waals surface area contributed by atoms with Gasteiger partial charge in [-0.15, -0.1) is 0 Å². The third-order valence-corrected chi connectivity index (χ3v) is 6.45. The van der Waals surface area contributed by atoms with Gasteiger partial charge in [-0.1, -0.05) is 23.7 Å². The van der Waals surface area contributed by atoms with Gasteiger partial charge in [-0.05, 0) is 67.9 Å². The Balaban J connectivity index is 1.34. The van der Waals surface area contributed by atoms with E-state index in [1.807, 2.05) is 18.2 Å². The molecule has 9 heteroatoms. The lowest BCUT2D eigenvalue weighted by atomic mass is 10.1. The number of halogens is 3. The Morgan fingerprint density at radius 1 is 1.00 bits per heavy atom. The molecule has 3 aromatic carbocycles. The topological polar surface area (TPSA) is 59.5 Å². The van der Waals surface area contributed by atoms with Crippen LogP contribution in [0.25, 0.3) is 10.9 Å². The molecular formula is C27H25ClF2N4O2. The Morgan fingerprint density at radius 2 is 1.83 bits per heavy atom. The highest BCUT2D eigenvalue weighted by molar-refractivity contribution is 6.32. The smallest absolute Gasteiger partial charge is 0.159 e. The van der Waals surface area contributed by atoms with Crippen molar-refractivity contribution in [3.05, 3.63) is 83.1 Å². The summed E-state index contributed by atoms with van der Waals surface area (Å²) in [6.45, 7) is 2.05. The quantitative estimate of drug-likeness (QED) is 0.312. The van der Waals surface area contributed by atoms with E-state index in [9.17, 15) is 8.78 Å². The number of ether oxygens (including phenoxy) is 2. The maximum absolute atomic E-state index is 13.4. The molecule has 186 valence electrons. The highest BCUT2D eigenvalue weighted by atomic mass is 35.5. The monoisotopic (exact) mass is 510 g/mol. The van der Waals surface area contributed by atoms with Crippen molar-refractivity contribution in [1.29, 1.82) is 0 Å². The van der Waals surface area contributed by atoms with E-state index >= 15 is 0 Å². The van der Waals surface area contributed by atoms with Crippen molar-refractivity contribution in [2.24, 2.45) is 0 Å². The van der Waals surface area contributed by atoms with Crippen molar-refractivity contribution in [3.8, 4) is 11.5 Å². The third-order valence-electron chi connectivity index (χ3n) is 6.16. The number of aromatic nitrogens is 2. The van der Waals surface area contributed by atoms with Crippen LogP contribution in [0.5, 0.6) is 11.5 Å². The zero-order chi connectivity index (χ0) is 25.1. The molecule has 0 saturated carbocycles. The normalized spacial score (nSPS) is 14.7. The fourth-order valence-corrected chi connectivity index (χ4v) is 4.41. The van der Waals surface area contributed by atoms with Gasteiger partial charge in [0, 0.05) is 18.8 Å². The van der Waals surface area contributed by atoms with E-state index in [2.05, 4.69) is 27.2 Å². The van der Waals surface area contributed by atoms with Crippen molar-refractivity contribution in [2.75, 3.05) is 25.5 Å². The van der Waals surface area contributed by atoms with Gasteiger partial charge in [0.1, 0.15) is 36.4 Å². The van der Waals surface area contributed by atoms with Crippen molar-refractivity contribution in [1.82, 2.24) is 14.9 Å². The summed E-state index contributed by atoms with van der Waals surface area (Å²) < 4.78 is 38.7. The van der Waals surface area contributed by atoms with E-state index in [1.54, 1.807) is 18.2 Å². The lowest BCUT2D eigenvalue weighted by Crippen LogP contribution is -2.35. The number of likely N-dealkylation sites (tertiary alicyclic amines) is 1. The predicted octanol–water partition coefficient (Wildman–Crippen LogP) is 6.36. The lowest BCUT2D eigenvalue weighted by Gasteiger charge is -2.29. The van der Waals surface area contributed by atoms with Gasteiger partial charge in [0.25, 0.3) is 0 Å². The van der Waals surface area contributed by atoms with Gasteiger partial charge in [-0.3, -0.25) is 0 Å². The van der Waals surface area contributed by atoms with Crippen LogP contribution in [0.3, 0.4) is 0 Å². The average Bonchev–Trinajstić information content (AvgIpc) is 2.87. The Hall–Kier alpha value is -3.49. The van der Waals surface area contributed by atoms with Crippen LogP contribution in [0.15, 0.2) is 60.9 Å². The van der Waals surface area contributed by atoms with Gasteiger partial charge in [-0.25, -0.2) is 18.7 Å². The third kappa shape index (κ3) is 5.50. The second-order valence-corrected chi connectivity index (χ2v) is 9.21. The van der Waals surface area contributed by atoms with Crippen LogP contribution in [0.1, 0.15) is 18.4 Å². The van der Waals surface area contributed by atoms with Crippen LogP contribution in [0.4, 0.5) is 20.3 Å². The Morgan fingerprint density at radius 3 is 2.61 bits per heavy atom. The minimum atomic E-state index is -0.919. The number of fused-ring (bicyclic) bond motifs is 1. The molecule has 1 aliphatic rings. The number of nitrogens with zero attached hydrogens (tertiary/aromatic N) is 3. The van der Waals surface area contributed by atoms with Crippen LogP contribution >= 0.6 is 11.6 Å². The molecule has 6 nitrogen and oxygen atoms in total. The molecule has 0 aliphatic carbocycles. The molecule has 1 saturated heterocycles. The molecule has 0 amide bonds. The summed E-state index contributed by atoms with van der Waals surface area (Å²) in [7, 11) is 2.12. The number of benzene rings is 3. The maximum Gasteiger partial charge on any atom is 0.159 e. The highest BCUT2D eigenvalue weighted by Crippen LogP contribution is 2.35. The number of anilines is 2. The van der Waals surface area contributed by atoms with Crippen molar-refractivity contribution >= 4 is 34.0 Å². The summed E-state index contributed by atoms with van der Waals surface area (Å²) in [4.78, 5) is 11.2. The summed E-state index contributed by atoms with van der Waals surface area (Å²) >= 11 is 6.45. The first-order valence-electron chi connectivity index (χ1n) is 11.7. The van der Waals surface area contributed by atoms with Crippen LogP contribution < -0.4 is 14.8 Å². The SMILES string of the molecule is CN1CCC(Oc2cccc3ncnc(Nc4ccc(OCc5ccc(F)c(F)c5)c(Cl)c4)c23)CC1. The fraction of sp³-hybridized carbons (Fsp3) is 0.259. The van der Waals surface area contributed by atoms with E-state index in [4.69, 9.17) is 21.1 Å². The van der Waals surface area contributed by atoms with E-state index in [0.717, 1.165) is 54.7 Å². The van der Waals surface area contributed by atoms with Gasteiger partial charge < -0.3 is 19.7 Å². The summed E-state index contributed by atoms with van der Waals surface area (Å²) in [6.07, 6.45) is 3.57. The first-order chi connectivity index (χ1) is 17.5. The Labute approximate surface area is 212 Å². The van der Waals surface area contributed by atoms with Gasteiger partial charge in [0.05, 0.1) is 15.9 Å². The summed E-state index contributed by atoms with van der Waals surface area (Å²) in [6, 6.07) is 14.7. The summed E-state index contributed by atoms with van der Waals surface area (Å²) in [5.74, 6) is -0.0501. The standard InChI is InChI=1S/C27H25ClF2N4O2/c1-34-11-9-19(10-12-34)36-25-4-2-3-23-26(25)27(32-16-31-23)33-18-6-8-24(20(28)14-18)35-15-17-5-7-21(29)22(30)13-17/h2-8,13-14,16,19H,9-12,15H2,1H3,(H,31,32,33). The average molecular weight is 511 g/mol. The number of nitrogens with one attached hydrogen (secondary N) is 1. The van der Waals surface area contributed by atoms with Crippen molar-refractivity contribution in [2.45, 2.75) is 25.6 Å². The van der Waals surface area contributed by atoms with Crippen molar-refractivity contribution in [3.63, 3.8) is 0 Å². The van der Waals surface area contributed by atoms with Crippen LogP contribution in [0.2, 0.25) is 5.02 Å². The highest BCUT2D eigenvalue weighted by Gasteiger charge is 2.20. The second-order valence-electron chi connectivity index (χ2n) is 8.80. The van der Waals surface area contributed by atoms with E-state index in [1.165, 1.54) is 12.4 Å². The molecule has 1 aromatic heterocycles. The first kappa shape index (κ1) is 24.2. The number of piperidine rings is 1. The van der Waals surface area contributed by atoms with Crippen LogP contribution in [0, 0.1) is 11.6 Å². The molecule has 0 bridgehead atoms. The molecule has 0 unspecified atom stereocenters. The van der Waals surface area contributed by atoms with Crippen LogP contribution in [-0.2, 0) is 6.61 Å². The second kappa shape index (κ2) is 10.6. The molecular weight excluding hydrogens is 486 g/mol. The molecule has 0 radical (unpaired) electrons. The van der Waals surface area contributed by atoms with E-state index < -0.39 is 11.6 Å². The largest absolute Gasteiger partial charge is 0.489 e. The van der Waals surface area contributed by atoms with Gasteiger partial charge in [0.2, 0.25) is 0 Å². The van der Waals surface area contributed by atoms with Gasteiger partial charge in [0.15, 0.2) is 11.6 Å². The number of hydrogen-bond donors (Lipinski definition) is 1. The zero-order valence-corrected chi connectivity index (χ0v) is 20.4. The molecule has 2 heterocycles. The molecule has 1 aliphatic heterocycles. The molecule has 1 fully saturated rings. The van der Waals surface area contributed by atoms with Crippen molar-refractivity contribution < 1.29 is 18.3 Å². The summed E-state index contributed by atoms with van der Waals surface area (Å²) in [5, 5.41) is 4.48. The van der Waals surface area contributed by atoms with E-state index in [0.29, 0.717) is 27.8 Å². The molecule has 1 N–H and O–H groups in total. The Kier molecular flexibility index (Phi) is 7.16. The van der Waals surface area contributed by atoms with Gasteiger partial charge in [-0.2, -0.15) is 0 Å². The summed E-state index contributed by atoms with van der Waals surface area (Å²) in [5.41, 5.74) is 1.97. The van der Waals surface area contributed by atoms with E-state index in [-0.39, 0.29) is 12.7 Å². The lowest BCUT2D eigenvalue weighted by molar-refractivity contribution is 0.116. The molecule has 5 rings (SSSR count). The Bertz CT molecular complexity index is 1370. The minimum Gasteiger partial charge on any atom is -0.489 e. The minimum absolute atomic E-state index is 0.0535. The molecule has 0 spiro atoms. The molecule has 0 atom stereocenters. The fourth-order valence-electron chi connectivity index (χ4n) is 4.18. The predicted molar refractivity (Wildman–Crippen MR) is 136 cm³/mol. The van der Waals surface area contributed by atoms with Crippen LogP contribution in [-0.4, -0.2) is 41.1 Å². The number of rotatable bonds is 7. The molecule has 4 aromatic rings. The molecule has 36 heavy (non-hydrogen) atoms. The first-order valence-corrected chi connectivity index (χ1v) is 12.1. The maximum atomic E-state index is 13.4. The van der Waals surface area contributed by atoms with Gasteiger partial charge >= 0.3 is 0 Å².